The van der Waals surface area contributed by atoms with Crippen LogP contribution in [0, 0.1) is 29.1 Å². The SMILES string of the molecule is N#CC1CCC(C2CC=C(c3ccc(C(F)(F)F)cc3)CC2)CC1. The maximum atomic E-state index is 12.6. The van der Waals surface area contributed by atoms with Crippen molar-refractivity contribution in [2.24, 2.45) is 17.8 Å². The molecule has 0 aliphatic heterocycles. The van der Waals surface area contributed by atoms with Gasteiger partial charge in [0.25, 0.3) is 0 Å². The average molecular weight is 333 g/mol. The van der Waals surface area contributed by atoms with Gasteiger partial charge in [0.1, 0.15) is 0 Å². The molecule has 3 rings (SSSR count). The number of alkyl halides is 3. The van der Waals surface area contributed by atoms with E-state index in [0.29, 0.717) is 11.8 Å². The van der Waals surface area contributed by atoms with Gasteiger partial charge in [-0.05, 0) is 80.1 Å². The number of nitriles is 1. The van der Waals surface area contributed by atoms with E-state index in [1.807, 2.05) is 0 Å². The molecule has 1 nitrogen and oxygen atoms in total. The van der Waals surface area contributed by atoms with Gasteiger partial charge in [0, 0.05) is 5.92 Å². The van der Waals surface area contributed by atoms with Crippen LogP contribution in [-0.2, 0) is 6.18 Å². The first-order valence-electron chi connectivity index (χ1n) is 8.73. The summed E-state index contributed by atoms with van der Waals surface area (Å²) in [5, 5.41) is 8.99. The first-order chi connectivity index (χ1) is 11.5. The lowest BCUT2D eigenvalue weighted by molar-refractivity contribution is -0.137. The molecule has 1 saturated carbocycles. The predicted octanol–water partition coefficient (Wildman–Crippen LogP) is 6.22. The zero-order valence-corrected chi connectivity index (χ0v) is 13.6. The number of halogens is 3. The lowest BCUT2D eigenvalue weighted by Crippen LogP contribution is -2.22. The normalized spacial score (nSPS) is 28.1. The Morgan fingerprint density at radius 3 is 2.08 bits per heavy atom. The number of nitrogens with zero attached hydrogens (tertiary/aromatic N) is 1. The summed E-state index contributed by atoms with van der Waals surface area (Å²) < 4.78 is 37.9. The van der Waals surface area contributed by atoms with Crippen LogP contribution in [0.4, 0.5) is 13.2 Å². The molecule has 0 N–H and O–H groups in total. The van der Waals surface area contributed by atoms with Crippen LogP contribution in [0.5, 0.6) is 0 Å². The fourth-order valence-electron chi connectivity index (χ4n) is 4.14. The van der Waals surface area contributed by atoms with Crippen LogP contribution in [0.1, 0.15) is 56.1 Å². The van der Waals surface area contributed by atoms with Gasteiger partial charge < -0.3 is 0 Å². The molecule has 0 saturated heterocycles. The van der Waals surface area contributed by atoms with Crippen LogP contribution in [0.3, 0.4) is 0 Å². The highest BCUT2D eigenvalue weighted by molar-refractivity contribution is 5.66. The highest BCUT2D eigenvalue weighted by atomic mass is 19.4. The monoisotopic (exact) mass is 333 g/mol. The first-order valence-corrected chi connectivity index (χ1v) is 8.73. The molecule has 0 aromatic heterocycles. The third-order valence-electron chi connectivity index (χ3n) is 5.66. The molecule has 1 unspecified atom stereocenters. The van der Waals surface area contributed by atoms with Crippen molar-refractivity contribution < 1.29 is 13.2 Å². The second-order valence-electron chi connectivity index (χ2n) is 7.08. The van der Waals surface area contributed by atoms with Crippen molar-refractivity contribution in [1.29, 1.82) is 5.26 Å². The molecule has 0 bridgehead atoms. The lowest BCUT2D eigenvalue weighted by atomic mass is 9.71. The summed E-state index contributed by atoms with van der Waals surface area (Å²) in [5.74, 6) is 1.62. The Morgan fingerprint density at radius 2 is 1.58 bits per heavy atom. The Morgan fingerprint density at radius 1 is 0.917 bits per heavy atom. The van der Waals surface area contributed by atoms with E-state index in [2.05, 4.69) is 12.1 Å². The van der Waals surface area contributed by atoms with Crippen molar-refractivity contribution in [3.63, 3.8) is 0 Å². The summed E-state index contributed by atoms with van der Waals surface area (Å²) in [5.41, 5.74) is 1.50. The van der Waals surface area contributed by atoms with Gasteiger partial charge in [0.05, 0.1) is 11.6 Å². The minimum Gasteiger partial charge on any atom is -0.198 e. The molecule has 0 radical (unpaired) electrons. The third-order valence-corrected chi connectivity index (χ3v) is 5.66. The molecule has 2 aliphatic rings. The molecule has 1 aromatic carbocycles. The van der Waals surface area contributed by atoms with E-state index in [0.717, 1.165) is 50.5 Å². The van der Waals surface area contributed by atoms with Gasteiger partial charge >= 0.3 is 6.18 Å². The third kappa shape index (κ3) is 3.83. The van der Waals surface area contributed by atoms with E-state index in [1.165, 1.54) is 17.7 Å². The Balaban J connectivity index is 1.60. The van der Waals surface area contributed by atoms with Crippen LogP contribution >= 0.6 is 0 Å². The number of allylic oxidation sites excluding steroid dienone is 2. The number of hydrogen-bond donors (Lipinski definition) is 0. The topological polar surface area (TPSA) is 23.8 Å². The summed E-state index contributed by atoms with van der Waals surface area (Å²) in [6.45, 7) is 0. The second-order valence-corrected chi connectivity index (χ2v) is 7.08. The fraction of sp³-hybridized carbons (Fsp3) is 0.550. The van der Waals surface area contributed by atoms with Crippen molar-refractivity contribution in [3.8, 4) is 6.07 Å². The molecular weight excluding hydrogens is 311 g/mol. The Labute approximate surface area is 141 Å². The molecule has 1 atom stereocenters. The Bertz CT molecular complexity index is 628. The van der Waals surface area contributed by atoms with Crippen molar-refractivity contribution in [2.75, 3.05) is 0 Å². The average Bonchev–Trinajstić information content (AvgIpc) is 2.61. The van der Waals surface area contributed by atoms with E-state index >= 15 is 0 Å². The zero-order valence-electron chi connectivity index (χ0n) is 13.6. The summed E-state index contributed by atoms with van der Waals surface area (Å²) in [4.78, 5) is 0. The van der Waals surface area contributed by atoms with Crippen LogP contribution in [0.2, 0.25) is 0 Å². The van der Waals surface area contributed by atoms with Crippen LogP contribution in [-0.4, -0.2) is 0 Å². The van der Waals surface area contributed by atoms with E-state index in [9.17, 15) is 13.2 Å². The molecule has 24 heavy (non-hydrogen) atoms. The minimum atomic E-state index is -4.27. The van der Waals surface area contributed by atoms with Crippen LogP contribution in [0.25, 0.3) is 5.57 Å². The first kappa shape index (κ1) is 17.1. The van der Waals surface area contributed by atoms with Crippen molar-refractivity contribution >= 4 is 5.57 Å². The molecule has 0 amide bonds. The molecule has 0 heterocycles. The molecule has 1 fully saturated rings. The number of benzene rings is 1. The maximum absolute atomic E-state index is 12.6. The number of rotatable bonds is 2. The summed E-state index contributed by atoms with van der Waals surface area (Å²) in [6.07, 6.45) is 5.33. The molecular formula is C20H22F3N. The van der Waals surface area contributed by atoms with Gasteiger partial charge in [0.2, 0.25) is 0 Å². The lowest BCUT2D eigenvalue weighted by Gasteiger charge is -2.34. The minimum absolute atomic E-state index is 0.239. The van der Waals surface area contributed by atoms with Gasteiger partial charge in [-0.15, -0.1) is 0 Å². The van der Waals surface area contributed by atoms with Crippen LogP contribution < -0.4 is 0 Å². The molecule has 0 spiro atoms. The van der Waals surface area contributed by atoms with Gasteiger partial charge in [-0.3, -0.25) is 0 Å². The van der Waals surface area contributed by atoms with Crippen LogP contribution in [0.15, 0.2) is 30.3 Å². The van der Waals surface area contributed by atoms with Crippen molar-refractivity contribution in [1.82, 2.24) is 0 Å². The van der Waals surface area contributed by atoms with E-state index in [1.54, 1.807) is 12.1 Å². The standard InChI is InChI=1S/C20H22F3N/c21-20(22,23)19-11-9-18(10-12-19)17-7-5-16(6-8-17)15-3-1-14(13-24)2-4-15/h7,9-12,14-16H,1-6,8H2. The van der Waals surface area contributed by atoms with Crippen molar-refractivity contribution in [2.45, 2.75) is 51.1 Å². The van der Waals surface area contributed by atoms with Gasteiger partial charge in [0.15, 0.2) is 0 Å². The van der Waals surface area contributed by atoms with Crippen molar-refractivity contribution in [3.05, 3.63) is 41.5 Å². The second kappa shape index (κ2) is 7.01. The zero-order chi connectivity index (χ0) is 17.2. The smallest absolute Gasteiger partial charge is 0.198 e. The summed E-state index contributed by atoms with van der Waals surface area (Å²) in [7, 11) is 0. The highest BCUT2D eigenvalue weighted by Gasteiger charge is 2.31. The molecule has 128 valence electrons. The maximum Gasteiger partial charge on any atom is 0.416 e. The highest BCUT2D eigenvalue weighted by Crippen LogP contribution is 2.41. The molecule has 2 aliphatic carbocycles. The summed E-state index contributed by atoms with van der Waals surface area (Å²) >= 11 is 0. The van der Waals surface area contributed by atoms with Gasteiger partial charge in [-0.25, -0.2) is 0 Å². The Hall–Kier alpha value is -1.76. The number of hydrogen-bond acceptors (Lipinski definition) is 1. The molecule has 1 aromatic rings. The quantitative estimate of drug-likeness (QED) is 0.630. The summed E-state index contributed by atoms with van der Waals surface area (Å²) in [6, 6.07) is 7.90. The predicted molar refractivity (Wildman–Crippen MR) is 87.8 cm³/mol. The molecule has 4 heteroatoms. The largest absolute Gasteiger partial charge is 0.416 e. The van der Waals surface area contributed by atoms with Gasteiger partial charge in [-0.1, -0.05) is 18.2 Å². The Kier molecular flexibility index (Phi) is 4.99. The fourth-order valence-corrected chi connectivity index (χ4v) is 4.14. The van der Waals surface area contributed by atoms with E-state index in [4.69, 9.17) is 5.26 Å². The van der Waals surface area contributed by atoms with E-state index in [-0.39, 0.29) is 5.92 Å². The van der Waals surface area contributed by atoms with Gasteiger partial charge in [-0.2, -0.15) is 18.4 Å². The van der Waals surface area contributed by atoms with E-state index < -0.39 is 11.7 Å².